The molecule has 10 nitrogen and oxygen atoms in total. The van der Waals surface area contributed by atoms with Crippen LogP contribution in [0, 0.1) is 11.6 Å². The Morgan fingerprint density at radius 2 is 1.68 bits per heavy atom. The molecule has 3 aromatic rings. The van der Waals surface area contributed by atoms with Crippen LogP contribution in [0.1, 0.15) is 18.4 Å². The molecule has 4 rings (SSSR count). The zero-order valence-corrected chi connectivity index (χ0v) is 22.1. The van der Waals surface area contributed by atoms with Crippen LogP contribution in [0.15, 0.2) is 60.8 Å². The predicted molar refractivity (Wildman–Crippen MR) is 145 cm³/mol. The minimum absolute atomic E-state index is 0.144. The van der Waals surface area contributed by atoms with Crippen molar-refractivity contribution in [3.8, 4) is 11.5 Å². The third kappa shape index (κ3) is 7.96. The lowest BCUT2D eigenvalue weighted by atomic mass is 10.0. The molecule has 0 radical (unpaired) electrons. The summed E-state index contributed by atoms with van der Waals surface area (Å²) in [6.07, 6.45) is 3.10. The van der Waals surface area contributed by atoms with E-state index in [-0.39, 0.29) is 29.7 Å². The molecular formula is C28H30F2N6O4. The number of pyridine rings is 1. The van der Waals surface area contributed by atoms with Crippen molar-refractivity contribution >= 4 is 29.5 Å². The first-order valence-corrected chi connectivity index (χ1v) is 12.7. The number of nitrogens with one attached hydrogen (secondary N) is 3. The van der Waals surface area contributed by atoms with Crippen molar-refractivity contribution in [3.63, 3.8) is 0 Å². The molecule has 2 heterocycles. The summed E-state index contributed by atoms with van der Waals surface area (Å²) in [5.41, 5.74) is 0.350. The molecule has 0 unspecified atom stereocenters. The largest absolute Gasteiger partial charge is 0.457 e. The molecule has 0 spiro atoms. The van der Waals surface area contributed by atoms with E-state index in [2.05, 4.69) is 25.8 Å². The molecule has 3 N–H and O–H groups in total. The number of urea groups is 2. The average Bonchev–Trinajstić information content (AvgIpc) is 2.91. The van der Waals surface area contributed by atoms with Gasteiger partial charge in [-0.2, -0.15) is 0 Å². The number of benzene rings is 2. The second-order valence-electron chi connectivity index (χ2n) is 9.54. The fourth-order valence-electron chi connectivity index (χ4n) is 4.23. The van der Waals surface area contributed by atoms with Gasteiger partial charge in [0.05, 0.1) is 12.1 Å². The van der Waals surface area contributed by atoms with Crippen LogP contribution in [0.25, 0.3) is 0 Å². The molecule has 40 heavy (non-hydrogen) atoms. The molecule has 1 saturated heterocycles. The molecule has 0 atom stereocenters. The number of rotatable bonds is 7. The van der Waals surface area contributed by atoms with E-state index >= 15 is 0 Å². The molecule has 1 fully saturated rings. The molecule has 1 aliphatic rings. The van der Waals surface area contributed by atoms with Crippen LogP contribution in [0.3, 0.4) is 0 Å². The fourth-order valence-corrected chi connectivity index (χ4v) is 4.23. The van der Waals surface area contributed by atoms with Gasteiger partial charge in [0.25, 0.3) is 0 Å². The maximum Gasteiger partial charge on any atom is 0.325 e. The maximum atomic E-state index is 14.6. The van der Waals surface area contributed by atoms with Crippen molar-refractivity contribution in [2.45, 2.75) is 25.3 Å². The first-order chi connectivity index (χ1) is 19.2. The summed E-state index contributed by atoms with van der Waals surface area (Å²) in [6, 6.07) is 11.4. The first kappa shape index (κ1) is 28.4. The summed E-state index contributed by atoms with van der Waals surface area (Å²) >= 11 is 0. The van der Waals surface area contributed by atoms with Gasteiger partial charge in [-0.25, -0.2) is 23.4 Å². The summed E-state index contributed by atoms with van der Waals surface area (Å²) in [5.74, 6) is -1.11. The number of likely N-dealkylation sites (tertiary alicyclic amines) is 1. The average molecular weight is 553 g/mol. The van der Waals surface area contributed by atoms with Gasteiger partial charge >= 0.3 is 12.1 Å². The van der Waals surface area contributed by atoms with Crippen LogP contribution < -0.4 is 20.7 Å². The number of piperidine rings is 1. The van der Waals surface area contributed by atoms with Crippen LogP contribution in [0.2, 0.25) is 0 Å². The number of anilines is 2. The Bertz CT molecular complexity index is 1360. The van der Waals surface area contributed by atoms with Crippen LogP contribution in [0.4, 0.5) is 29.9 Å². The SMILES string of the molecule is CN(C)C1CCN(C(=O)Nc2cc(Oc3ccc(NC(=O)NC(=O)Cc4ccc(F)cc4)c(F)c3)ccn2)CC1. The number of hydrogen-bond donors (Lipinski definition) is 3. The Kier molecular flexibility index (Phi) is 9.23. The highest BCUT2D eigenvalue weighted by Crippen LogP contribution is 2.27. The summed E-state index contributed by atoms with van der Waals surface area (Å²) in [5, 5.41) is 7.14. The van der Waals surface area contributed by atoms with E-state index in [1.54, 1.807) is 11.0 Å². The summed E-state index contributed by atoms with van der Waals surface area (Å²) in [6.45, 7) is 1.29. The van der Waals surface area contributed by atoms with Gasteiger partial charge in [-0.05, 0) is 62.8 Å². The second-order valence-corrected chi connectivity index (χ2v) is 9.54. The van der Waals surface area contributed by atoms with Crippen molar-refractivity contribution in [1.29, 1.82) is 0 Å². The zero-order chi connectivity index (χ0) is 28.6. The van der Waals surface area contributed by atoms with E-state index in [9.17, 15) is 23.2 Å². The Balaban J connectivity index is 1.29. The topological polar surface area (TPSA) is 116 Å². The molecular weight excluding hydrogens is 522 g/mol. The molecule has 12 heteroatoms. The van der Waals surface area contributed by atoms with Gasteiger partial charge in [0.15, 0.2) is 0 Å². The van der Waals surface area contributed by atoms with Gasteiger partial charge in [0, 0.05) is 37.5 Å². The number of amides is 5. The van der Waals surface area contributed by atoms with Crippen molar-refractivity contribution in [2.24, 2.45) is 0 Å². The lowest BCUT2D eigenvalue weighted by Gasteiger charge is -2.35. The highest BCUT2D eigenvalue weighted by molar-refractivity contribution is 6.01. The number of ether oxygens (including phenoxy) is 1. The quantitative estimate of drug-likeness (QED) is 0.395. The van der Waals surface area contributed by atoms with Crippen molar-refractivity contribution in [2.75, 3.05) is 37.8 Å². The highest BCUT2D eigenvalue weighted by Gasteiger charge is 2.24. The van der Waals surface area contributed by atoms with E-state index in [4.69, 9.17) is 4.74 Å². The molecule has 2 aromatic carbocycles. The summed E-state index contributed by atoms with van der Waals surface area (Å²) < 4.78 is 33.3. The number of carbonyl (C=O) groups is 3. The third-order valence-electron chi connectivity index (χ3n) is 6.40. The van der Waals surface area contributed by atoms with Gasteiger partial charge in [-0.1, -0.05) is 12.1 Å². The molecule has 5 amide bonds. The molecule has 1 aromatic heterocycles. The zero-order valence-electron chi connectivity index (χ0n) is 22.1. The summed E-state index contributed by atoms with van der Waals surface area (Å²) in [7, 11) is 4.06. The molecule has 0 aliphatic carbocycles. The van der Waals surface area contributed by atoms with E-state index in [1.165, 1.54) is 48.7 Å². The molecule has 1 aliphatic heterocycles. The molecule has 0 saturated carbocycles. The first-order valence-electron chi connectivity index (χ1n) is 12.7. The van der Waals surface area contributed by atoms with Gasteiger partial charge in [-0.3, -0.25) is 15.4 Å². The number of imide groups is 1. The molecule has 210 valence electrons. The minimum Gasteiger partial charge on any atom is -0.457 e. The standard InChI is InChI=1S/C28H30F2N6O4/c1-35(2)20-10-13-36(14-11-20)28(39)33-25-17-22(9-12-31-25)40-21-7-8-24(23(30)16-21)32-27(38)34-26(37)15-18-3-5-19(29)6-4-18/h3-9,12,16-17,20H,10-11,13-15H2,1-2H3,(H,31,33,39)(H2,32,34,37,38). The summed E-state index contributed by atoms with van der Waals surface area (Å²) in [4.78, 5) is 44.9. The number of aromatic nitrogens is 1. The number of nitrogens with zero attached hydrogens (tertiary/aromatic N) is 3. The van der Waals surface area contributed by atoms with Crippen molar-refractivity contribution in [1.82, 2.24) is 20.1 Å². The Morgan fingerprint density at radius 1 is 0.975 bits per heavy atom. The monoisotopic (exact) mass is 552 g/mol. The number of carbonyl (C=O) groups excluding carboxylic acids is 3. The second kappa shape index (κ2) is 13.0. The van der Waals surface area contributed by atoms with Crippen molar-refractivity contribution < 1.29 is 27.9 Å². The Morgan fingerprint density at radius 3 is 2.35 bits per heavy atom. The lowest BCUT2D eigenvalue weighted by molar-refractivity contribution is -0.119. The number of halogens is 2. The van der Waals surface area contributed by atoms with Crippen LogP contribution >= 0.6 is 0 Å². The smallest absolute Gasteiger partial charge is 0.325 e. The van der Waals surface area contributed by atoms with Crippen LogP contribution in [-0.4, -0.2) is 66.0 Å². The van der Waals surface area contributed by atoms with Gasteiger partial charge in [0.1, 0.15) is 29.0 Å². The maximum absolute atomic E-state index is 14.6. The minimum atomic E-state index is -0.917. The van der Waals surface area contributed by atoms with Crippen LogP contribution in [-0.2, 0) is 11.2 Å². The van der Waals surface area contributed by atoms with Gasteiger partial charge < -0.3 is 19.9 Å². The third-order valence-corrected chi connectivity index (χ3v) is 6.40. The predicted octanol–water partition coefficient (Wildman–Crippen LogP) is 4.60. The van der Waals surface area contributed by atoms with Crippen molar-refractivity contribution in [3.05, 3.63) is 78.0 Å². The van der Waals surface area contributed by atoms with Gasteiger partial charge in [-0.15, -0.1) is 0 Å². The van der Waals surface area contributed by atoms with E-state index in [1.807, 2.05) is 14.1 Å². The lowest BCUT2D eigenvalue weighted by Crippen LogP contribution is -2.46. The van der Waals surface area contributed by atoms with Crippen LogP contribution in [0.5, 0.6) is 11.5 Å². The normalized spacial score (nSPS) is 13.6. The van der Waals surface area contributed by atoms with E-state index < -0.39 is 23.6 Å². The van der Waals surface area contributed by atoms with E-state index in [0.29, 0.717) is 30.4 Å². The van der Waals surface area contributed by atoms with Gasteiger partial charge in [0.2, 0.25) is 5.91 Å². The van der Waals surface area contributed by atoms with E-state index in [0.717, 1.165) is 18.9 Å². The molecule has 0 bridgehead atoms. The Hall–Kier alpha value is -4.58. The number of hydrogen-bond acceptors (Lipinski definition) is 6. The Labute approximate surface area is 230 Å². The fraction of sp³-hybridized carbons (Fsp3) is 0.286. The highest BCUT2D eigenvalue weighted by atomic mass is 19.1.